The van der Waals surface area contributed by atoms with Crippen LogP contribution in [0.5, 0.6) is 0 Å². The molecule has 0 bridgehead atoms. The van der Waals surface area contributed by atoms with Gasteiger partial charge in [0.2, 0.25) is 0 Å². The Bertz CT molecular complexity index is 592. The Morgan fingerprint density at radius 3 is 2.26 bits per heavy atom. The van der Waals surface area contributed by atoms with E-state index >= 15 is 0 Å². The van der Waals surface area contributed by atoms with Crippen LogP contribution in [0, 0.1) is 5.82 Å². The second kappa shape index (κ2) is 6.16. The van der Waals surface area contributed by atoms with E-state index in [9.17, 15) is 18.0 Å². The maximum Gasteiger partial charge on any atom is 0.497 e. The summed E-state index contributed by atoms with van der Waals surface area (Å²) in [6.07, 6.45) is -2.66. The van der Waals surface area contributed by atoms with Gasteiger partial charge in [-0.1, -0.05) is 6.07 Å². The molecule has 1 N–H and O–H groups in total. The van der Waals surface area contributed by atoms with E-state index in [0.717, 1.165) is 6.07 Å². The third-order valence-corrected chi connectivity index (χ3v) is 4.19. The first kappa shape index (κ1) is 17.8. The molecule has 0 spiro atoms. The van der Waals surface area contributed by atoms with Gasteiger partial charge in [-0.3, -0.25) is 4.79 Å². The minimum atomic E-state index is -2.66. The third-order valence-electron chi connectivity index (χ3n) is 4.19. The highest BCUT2D eigenvalue weighted by molar-refractivity contribution is 6.62. The molecule has 0 radical (unpaired) electrons. The smallest absolute Gasteiger partial charge is 0.399 e. The van der Waals surface area contributed by atoms with Gasteiger partial charge in [0.1, 0.15) is 5.82 Å². The van der Waals surface area contributed by atoms with E-state index in [-0.39, 0.29) is 11.0 Å². The quantitative estimate of drug-likeness (QED) is 0.861. The number of hydrogen-bond donors (Lipinski definition) is 1. The van der Waals surface area contributed by atoms with Crippen molar-refractivity contribution in [3.8, 4) is 0 Å². The van der Waals surface area contributed by atoms with Crippen molar-refractivity contribution in [3.05, 3.63) is 29.6 Å². The maximum atomic E-state index is 14.3. The first-order valence-electron chi connectivity index (χ1n) is 7.25. The van der Waals surface area contributed by atoms with Crippen molar-refractivity contribution >= 4 is 18.5 Å². The van der Waals surface area contributed by atoms with Crippen LogP contribution in [0.15, 0.2) is 18.2 Å². The second-order valence-corrected chi connectivity index (χ2v) is 6.43. The zero-order valence-electron chi connectivity index (χ0n) is 13.5. The number of carbonyl (C=O) groups is 1. The molecule has 1 aliphatic rings. The number of rotatable bonds is 4. The fourth-order valence-corrected chi connectivity index (χ4v) is 2.10. The molecule has 8 heteroatoms. The fourth-order valence-electron chi connectivity index (χ4n) is 2.10. The predicted molar refractivity (Wildman–Crippen MR) is 80.5 cm³/mol. The molecule has 0 atom stereocenters. The number of benzene rings is 1. The zero-order chi connectivity index (χ0) is 17.4. The number of alkyl halides is 2. The van der Waals surface area contributed by atoms with E-state index in [1.165, 1.54) is 12.1 Å². The molecule has 1 amide bonds. The Labute approximate surface area is 133 Å². The zero-order valence-corrected chi connectivity index (χ0v) is 13.5. The Morgan fingerprint density at radius 2 is 1.78 bits per heavy atom. The van der Waals surface area contributed by atoms with Gasteiger partial charge in [0, 0.05) is 11.0 Å². The van der Waals surface area contributed by atoms with Crippen molar-refractivity contribution in [2.45, 2.75) is 45.3 Å². The molecule has 0 aromatic heterocycles. The summed E-state index contributed by atoms with van der Waals surface area (Å²) in [6, 6.07) is 3.71. The van der Waals surface area contributed by atoms with Crippen LogP contribution in [0.25, 0.3) is 0 Å². The summed E-state index contributed by atoms with van der Waals surface area (Å²) >= 11 is 0. The Morgan fingerprint density at radius 1 is 1.22 bits per heavy atom. The molecule has 126 valence electrons. The van der Waals surface area contributed by atoms with E-state index in [1.54, 1.807) is 0 Å². The third kappa shape index (κ3) is 3.69. The standard InChI is InChI=1S/C15H19BF3NO3/c1-14(2)15(3,4)23-16(22-14)10-6-5-9(7-11(10)17)13(21)20-8-12(18)19/h5-7,12H,8H2,1-4H3,(H,20,21). The highest BCUT2D eigenvalue weighted by atomic mass is 19.3. The average Bonchev–Trinajstić information content (AvgIpc) is 2.64. The number of amides is 1. The Hall–Kier alpha value is -1.54. The van der Waals surface area contributed by atoms with Crippen LogP contribution < -0.4 is 10.8 Å². The molecule has 1 saturated heterocycles. The van der Waals surface area contributed by atoms with Crippen LogP contribution in [-0.2, 0) is 9.31 Å². The summed E-state index contributed by atoms with van der Waals surface area (Å²) in [5, 5.41) is 2.02. The van der Waals surface area contributed by atoms with Crippen molar-refractivity contribution in [3.63, 3.8) is 0 Å². The molecule has 4 nitrogen and oxygen atoms in total. The normalized spacial score (nSPS) is 19.2. The molecule has 0 unspecified atom stereocenters. The summed E-state index contributed by atoms with van der Waals surface area (Å²) in [5.74, 6) is -1.45. The first-order valence-corrected chi connectivity index (χ1v) is 7.25. The van der Waals surface area contributed by atoms with Crippen LogP contribution in [-0.4, -0.2) is 37.2 Å². The van der Waals surface area contributed by atoms with Gasteiger partial charge in [-0.2, -0.15) is 0 Å². The molecule has 0 aliphatic carbocycles. The van der Waals surface area contributed by atoms with Crippen molar-refractivity contribution in [2.24, 2.45) is 0 Å². The van der Waals surface area contributed by atoms with E-state index < -0.39 is 43.0 Å². The number of halogens is 3. The molecule has 1 aromatic rings. The van der Waals surface area contributed by atoms with Crippen LogP contribution in [0.4, 0.5) is 13.2 Å². The monoisotopic (exact) mass is 329 g/mol. The molecular formula is C15H19BF3NO3. The highest BCUT2D eigenvalue weighted by Gasteiger charge is 2.52. The summed E-state index contributed by atoms with van der Waals surface area (Å²) in [5.41, 5.74) is -1.10. The number of carbonyl (C=O) groups excluding carboxylic acids is 1. The van der Waals surface area contributed by atoms with E-state index in [2.05, 4.69) is 0 Å². The van der Waals surface area contributed by atoms with Crippen molar-refractivity contribution in [2.75, 3.05) is 6.54 Å². The largest absolute Gasteiger partial charge is 0.497 e. The summed E-state index contributed by atoms with van der Waals surface area (Å²) < 4.78 is 49.9. The van der Waals surface area contributed by atoms with E-state index in [0.29, 0.717) is 0 Å². The molecule has 1 heterocycles. The summed E-state index contributed by atoms with van der Waals surface area (Å²) in [4.78, 5) is 11.7. The topological polar surface area (TPSA) is 47.6 Å². The van der Waals surface area contributed by atoms with Gasteiger partial charge in [0.05, 0.1) is 17.7 Å². The van der Waals surface area contributed by atoms with Gasteiger partial charge in [-0.05, 0) is 39.8 Å². The van der Waals surface area contributed by atoms with Gasteiger partial charge in [-0.15, -0.1) is 0 Å². The average molecular weight is 329 g/mol. The molecule has 0 saturated carbocycles. The number of nitrogens with one attached hydrogen (secondary N) is 1. The lowest BCUT2D eigenvalue weighted by atomic mass is 9.78. The maximum absolute atomic E-state index is 14.3. The SMILES string of the molecule is CC1(C)OB(c2ccc(C(=O)NCC(F)F)cc2F)OC1(C)C. The van der Waals surface area contributed by atoms with Crippen LogP contribution in [0.1, 0.15) is 38.1 Å². The lowest BCUT2D eigenvalue weighted by Crippen LogP contribution is -2.41. The summed E-state index contributed by atoms with van der Waals surface area (Å²) in [6.45, 7) is 6.60. The van der Waals surface area contributed by atoms with Crippen molar-refractivity contribution in [1.82, 2.24) is 5.32 Å². The lowest BCUT2D eigenvalue weighted by molar-refractivity contribution is 0.00578. The van der Waals surface area contributed by atoms with Gasteiger partial charge < -0.3 is 14.6 Å². The van der Waals surface area contributed by atoms with Crippen molar-refractivity contribution in [1.29, 1.82) is 0 Å². The fraction of sp³-hybridized carbons (Fsp3) is 0.533. The first-order chi connectivity index (χ1) is 10.5. The van der Waals surface area contributed by atoms with Gasteiger partial charge in [-0.25, -0.2) is 13.2 Å². The molecule has 2 rings (SSSR count). The van der Waals surface area contributed by atoms with Gasteiger partial charge in [0.25, 0.3) is 12.3 Å². The van der Waals surface area contributed by atoms with Crippen LogP contribution in [0.3, 0.4) is 0 Å². The molecular weight excluding hydrogens is 310 g/mol. The van der Waals surface area contributed by atoms with Crippen LogP contribution in [0.2, 0.25) is 0 Å². The van der Waals surface area contributed by atoms with Gasteiger partial charge in [0.15, 0.2) is 0 Å². The minimum absolute atomic E-state index is 0.0385. The van der Waals surface area contributed by atoms with Crippen LogP contribution >= 0.6 is 0 Å². The Kier molecular flexibility index (Phi) is 4.77. The van der Waals surface area contributed by atoms with Gasteiger partial charge >= 0.3 is 7.12 Å². The molecule has 1 aromatic carbocycles. The summed E-state index contributed by atoms with van der Waals surface area (Å²) in [7, 11) is -0.891. The van der Waals surface area contributed by atoms with E-state index in [1.807, 2.05) is 33.0 Å². The predicted octanol–water partition coefficient (Wildman–Crippen LogP) is 2.12. The lowest BCUT2D eigenvalue weighted by Gasteiger charge is -2.32. The number of hydrogen-bond acceptors (Lipinski definition) is 3. The second-order valence-electron chi connectivity index (χ2n) is 6.43. The highest BCUT2D eigenvalue weighted by Crippen LogP contribution is 2.36. The van der Waals surface area contributed by atoms with Crippen molar-refractivity contribution < 1.29 is 27.3 Å². The molecule has 1 fully saturated rings. The Balaban J connectivity index is 2.16. The van der Waals surface area contributed by atoms with E-state index in [4.69, 9.17) is 9.31 Å². The minimum Gasteiger partial charge on any atom is -0.399 e. The molecule has 1 aliphatic heterocycles. The molecule has 23 heavy (non-hydrogen) atoms.